The first-order chi connectivity index (χ1) is 18.4. The Bertz CT molecular complexity index is 1190. The maximum atomic E-state index is 11.7. The van der Waals surface area contributed by atoms with Gasteiger partial charge in [-0.3, -0.25) is 4.90 Å². The fourth-order valence-electron chi connectivity index (χ4n) is 4.99. The summed E-state index contributed by atoms with van der Waals surface area (Å²) in [6.07, 6.45) is 1.25. The number of piperidine rings is 1. The molecule has 0 aromatic heterocycles. The van der Waals surface area contributed by atoms with E-state index in [1.165, 1.54) is 25.5 Å². The summed E-state index contributed by atoms with van der Waals surface area (Å²) in [5, 5.41) is 27.4. The molecule has 0 radical (unpaired) electrons. The molecule has 0 aliphatic carbocycles. The van der Waals surface area contributed by atoms with Crippen LogP contribution in [0.1, 0.15) is 32.3 Å². The van der Waals surface area contributed by atoms with Gasteiger partial charge in [-0.25, -0.2) is 9.59 Å². The number of carbonyl (C=O) groups excluding carboxylic acids is 1. The maximum Gasteiger partial charge on any atom is 0.347 e. The second kappa shape index (κ2) is 12.2. The second-order valence-electron chi connectivity index (χ2n) is 10.6. The minimum absolute atomic E-state index is 0.122. The van der Waals surface area contributed by atoms with Crippen LogP contribution in [-0.4, -0.2) is 77.1 Å². The van der Waals surface area contributed by atoms with E-state index in [2.05, 4.69) is 15.5 Å². The monoisotopic (exact) mass is 579 g/mol. The quantitative estimate of drug-likeness (QED) is 0.304. The Morgan fingerprint density at radius 1 is 1.13 bits per heavy atom. The average Bonchev–Trinajstić information content (AvgIpc) is 3.22. The molecule has 6 N–H and O–H groups in total. The van der Waals surface area contributed by atoms with Crippen LogP contribution in [0, 0.1) is 0 Å². The number of halogens is 2. The van der Waals surface area contributed by atoms with Crippen molar-refractivity contribution in [2.24, 2.45) is 5.73 Å². The smallest absolute Gasteiger partial charge is 0.347 e. The SMILES string of the molecule is CC(C)(Oc1cc(N2CC(O)C(NC3CCN(Cc4ccc(Cl)cc4)CC3)C2)c(NC(N)=O)cc1Cl)C(=O)O. The molecule has 2 unspecified atom stereocenters. The van der Waals surface area contributed by atoms with Crippen molar-refractivity contribution in [3.63, 3.8) is 0 Å². The Morgan fingerprint density at radius 2 is 1.79 bits per heavy atom. The molecule has 39 heavy (non-hydrogen) atoms. The second-order valence-corrected chi connectivity index (χ2v) is 11.5. The first-order valence-electron chi connectivity index (χ1n) is 12.9. The number of carboxylic acids is 1. The molecule has 2 heterocycles. The van der Waals surface area contributed by atoms with Crippen LogP contribution in [0.3, 0.4) is 0 Å². The van der Waals surface area contributed by atoms with Gasteiger partial charge in [0.2, 0.25) is 0 Å². The first-order valence-corrected chi connectivity index (χ1v) is 13.6. The molecule has 4 rings (SSSR count). The third-order valence-corrected chi connectivity index (χ3v) is 7.72. The Balaban J connectivity index is 1.41. The van der Waals surface area contributed by atoms with Gasteiger partial charge in [0.25, 0.3) is 0 Å². The number of nitrogens with two attached hydrogens (primary N) is 1. The highest BCUT2D eigenvalue weighted by molar-refractivity contribution is 6.32. The van der Waals surface area contributed by atoms with Crippen molar-refractivity contribution in [2.75, 3.05) is 36.4 Å². The largest absolute Gasteiger partial charge is 0.478 e. The van der Waals surface area contributed by atoms with Crippen LogP contribution in [0.4, 0.5) is 16.2 Å². The normalized spacial score (nSPS) is 20.7. The van der Waals surface area contributed by atoms with Crippen LogP contribution in [0.2, 0.25) is 10.0 Å². The molecule has 2 atom stereocenters. The van der Waals surface area contributed by atoms with E-state index in [0.717, 1.165) is 37.5 Å². The Kier molecular flexibility index (Phi) is 9.13. The fraction of sp³-hybridized carbons (Fsp3) is 0.481. The van der Waals surface area contributed by atoms with Crippen LogP contribution in [-0.2, 0) is 11.3 Å². The van der Waals surface area contributed by atoms with Crippen molar-refractivity contribution in [3.8, 4) is 5.75 Å². The molecule has 0 spiro atoms. The lowest BCUT2D eigenvalue weighted by Gasteiger charge is -2.34. The molecule has 2 aliphatic rings. The molecule has 2 aromatic carbocycles. The van der Waals surface area contributed by atoms with Crippen molar-refractivity contribution in [2.45, 2.75) is 57.0 Å². The number of benzene rings is 2. The van der Waals surface area contributed by atoms with Gasteiger partial charge in [-0.05, 0) is 63.5 Å². The molecule has 0 bridgehead atoms. The van der Waals surface area contributed by atoms with Crippen LogP contribution >= 0.6 is 23.2 Å². The number of primary amides is 1. The fourth-order valence-corrected chi connectivity index (χ4v) is 5.32. The van der Waals surface area contributed by atoms with E-state index in [4.69, 9.17) is 33.7 Å². The molecule has 2 fully saturated rings. The summed E-state index contributed by atoms with van der Waals surface area (Å²) < 4.78 is 5.70. The molecule has 2 aliphatic heterocycles. The summed E-state index contributed by atoms with van der Waals surface area (Å²) in [5.41, 5.74) is 5.94. The number of aliphatic carboxylic acids is 1. The van der Waals surface area contributed by atoms with Gasteiger partial charge in [-0.2, -0.15) is 0 Å². The predicted molar refractivity (Wildman–Crippen MR) is 152 cm³/mol. The highest BCUT2D eigenvalue weighted by Crippen LogP contribution is 2.39. The topological polar surface area (TPSA) is 140 Å². The number of ether oxygens (including phenoxy) is 1. The Morgan fingerprint density at radius 3 is 2.41 bits per heavy atom. The number of aliphatic hydroxyl groups excluding tert-OH is 1. The number of aliphatic hydroxyl groups is 1. The zero-order chi connectivity index (χ0) is 28.3. The number of amides is 2. The van der Waals surface area contributed by atoms with Gasteiger partial charge in [0.05, 0.1) is 28.5 Å². The number of hydrogen-bond donors (Lipinski definition) is 5. The summed E-state index contributed by atoms with van der Waals surface area (Å²) >= 11 is 12.4. The third-order valence-electron chi connectivity index (χ3n) is 7.17. The number of anilines is 2. The molecule has 2 aromatic rings. The standard InChI is InChI=1S/C27H35Cl2N5O5/c1-27(2,25(36)37)39-24-12-22(20(11-19(24)29)32-26(30)38)34-14-21(23(35)15-34)31-18-7-9-33(10-8-18)13-16-3-5-17(28)6-4-16/h3-6,11-12,18,21,23,31,35H,7-10,13-15H2,1-2H3,(H,36,37)(H3,30,32,38). The number of carbonyl (C=O) groups is 2. The van der Waals surface area contributed by atoms with Gasteiger partial charge >= 0.3 is 12.0 Å². The third kappa shape index (κ3) is 7.46. The van der Waals surface area contributed by atoms with E-state index in [-0.39, 0.29) is 22.9 Å². The van der Waals surface area contributed by atoms with Crippen LogP contribution in [0.25, 0.3) is 0 Å². The van der Waals surface area contributed by atoms with E-state index in [1.54, 1.807) is 6.07 Å². The number of rotatable bonds is 9. The molecule has 0 saturated carbocycles. The number of β-amino-alcohol motifs (C(OH)–C–C–N with tert-alkyl or cyclic N) is 1. The molecule has 2 saturated heterocycles. The van der Waals surface area contributed by atoms with E-state index < -0.39 is 23.7 Å². The number of nitrogens with zero attached hydrogens (tertiary/aromatic N) is 2. The minimum Gasteiger partial charge on any atom is -0.478 e. The van der Waals surface area contributed by atoms with Crippen molar-refractivity contribution in [3.05, 3.63) is 52.0 Å². The predicted octanol–water partition coefficient (Wildman–Crippen LogP) is 3.53. The number of likely N-dealkylation sites (tertiary alicyclic amines) is 1. The van der Waals surface area contributed by atoms with Crippen LogP contribution in [0.5, 0.6) is 5.75 Å². The minimum atomic E-state index is -1.53. The van der Waals surface area contributed by atoms with E-state index in [0.29, 0.717) is 24.5 Å². The van der Waals surface area contributed by atoms with Gasteiger partial charge in [0.1, 0.15) is 5.75 Å². The summed E-state index contributed by atoms with van der Waals surface area (Å²) in [7, 11) is 0. The van der Waals surface area contributed by atoms with Crippen LogP contribution in [0.15, 0.2) is 36.4 Å². The average molecular weight is 581 g/mol. The van der Waals surface area contributed by atoms with E-state index >= 15 is 0 Å². The van der Waals surface area contributed by atoms with Crippen LogP contribution < -0.4 is 26.0 Å². The molecule has 12 heteroatoms. The highest BCUT2D eigenvalue weighted by atomic mass is 35.5. The molecular weight excluding hydrogens is 545 g/mol. The summed E-state index contributed by atoms with van der Waals surface area (Å²) in [6.45, 7) is 6.35. The molecule has 212 valence electrons. The Labute approximate surface area is 238 Å². The van der Waals surface area contributed by atoms with Crippen molar-refractivity contribution < 1.29 is 24.5 Å². The highest BCUT2D eigenvalue weighted by Gasteiger charge is 2.36. The number of urea groups is 1. The number of hydrogen-bond acceptors (Lipinski definition) is 7. The lowest BCUT2D eigenvalue weighted by molar-refractivity contribution is -0.152. The van der Waals surface area contributed by atoms with Gasteiger partial charge in [-0.15, -0.1) is 0 Å². The summed E-state index contributed by atoms with van der Waals surface area (Å²) in [4.78, 5) is 27.6. The number of carboxylic acid groups (broad SMARTS) is 1. The zero-order valence-corrected chi connectivity index (χ0v) is 23.5. The Hall–Kier alpha value is -2.76. The van der Waals surface area contributed by atoms with Gasteiger partial charge in [-0.1, -0.05) is 35.3 Å². The summed E-state index contributed by atoms with van der Waals surface area (Å²) in [6, 6.07) is 10.2. The van der Waals surface area contributed by atoms with E-state index in [1.807, 2.05) is 29.2 Å². The van der Waals surface area contributed by atoms with Gasteiger partial charge in [0.15, 0.2) is 5.60 Å². The van der Waals surface area contributed by atoms with Gasteiger partial charge in [0, 0.05) is 36.8 Å². The van der Waals surface area contributed by atoms with Crippen molar-refractivity contribution >= 4 is 46.6 Å². The lowest BCUT2D eigenvalue weighted by Crippen LogP contribution is -2.49. The number of nitrogens with one attached hydrogen (secondary N) is 2. The molecule has 10 nitrogen and oxygen atoms in total. The zero-order valence-electron chi connectivity index (χ0n) is 22.0. The molecule has 2 amide bonds. The molecular formula is C27H35Cl2N5O5. The lowest BCUT2D eigenvalue weighted by atomic mass is 10.0. The maximum absolute atomic E-state index is 11.7. The van der Waals surface area contributed by atoms with Crippen molar-refractivity contribution in [1.29, 1.82) is 0 Å². The van der Waals surface area contributed by atoms with Gasteiger partial charge < -0.3 is 36.2 Å². The van der Waals surface area contributed by atoms with E-state index in [9.17, 15) is 19.8 Å². The van der Waals surface area contributed by atoms with Crippen molar-refractivity contribution in [1.82, 2.24) is 10.2 Å². The summed E-state index contributed by atoms with van der Waals surface area (Å²) in [5.74, 6) is -1.01. The first kappa shape index (κ1) is 29.2.